The molecule has 2 amide bonds. The van der Waals surface area contributed by atoms with Crippen molar-refractivity contribution in [2.45, 2.75) is 38.1 Å². The summed E-state index contributed by atoms with van der Waals surface area (Å²) < 4.78 is 0. The molecule has 1 saturated carbocycles. The summed E-state index contributed by atoms with van der Waals surface area (Å²) in [4.78, 5) is 16.0. The van der Waals surface area contributed by atoms with Gasteiger partial charge in [0, 0.05) is 12.6 Å². The molecule has 0 aromatic carbocycles. The van der Waals surface area contributed by atoms with E-state index in [-0.39, 0.29) is 6.03 Å². The van der Waals surface area contributed by atoms with Crippen LogP contribution in [0.2, 0.25) is 0 Å². The molecule has 0 unspecified atom stereocenters. The van der Waals surface area contributed by atoms with Crippen molar-refractivity contribution in [1.29, 1.82) is 0 Å². The zero-order valence-electron chi connectivity index (χ0n) is 11.7. The van der Waals surface area contributed by atoms with E-state index in [1.165, 1.54) is 19.3 Å². The molecule has 1 heterocycles. The number of hydrogen-bond donors (Lipinski definition) is 3. The van der Waals surface area contributed by atoms with E-state index >= 15 is 0 Å². The van der Waals surface area contributed by atoms with E-state index in [0.29, 0.717) is 18.4 Å². The van der Waals surface area contributed by atoms with Gasteiger partial charge in [-0.25, -0.2) is 9.78 Å². The standard InChI is InChI=1S/C15H22N4O/c1-2-10-16-13-8-9-14(17-11-13)19-15(20)18-12-6-4-3-5-7-12/h2,8-9,11-12,16H,1,3-7,10H2,(H2,17,18,19,20). The van der Waals surface area contributed by atoms with Crippen molar-refractivity contribution in [2.24, 2.45) is 0 Å². The second-order valence-electron chi connectivity index (χ2n) is 5.04. The summed E-state index contributed by atoms with van der Waals surface area (Å²) >= 11 is 0. The Bertz CT molecular complexity index is 438. The first-order chi connectivity index (χ1) is 9.78. The molecule has 2 rings (SSSR count). The van der Waals surface area contributed by atoms with Gasteiger partial charge in [-0.1, -0.05) is 25.3 Å². The Morgan fingerprint density at radius 2 is 2.15 bits per heavy atom. The van der Waals surface area contributed by atoms with Gasteiger partial charge in [0.15, 0.2) is 0 Å². The van der Waals surface area contributed by atoms with E-state index in [1.807, 2.05) is 6.07 Å². The number of aromatic nitrogens is 1. The van der Waals surface area contributed by atoms with E-state index in [9.17, 15) is 4.79 Å². The molecule has 0 atom stereocenters. The molecule has 0 bridgehead atoms. The van der Waals surface area contributed by atoms with E-state index in [4.69, 9.17) is 0 Å². The largest absolute Gasteiger partial charge is 0.380 e. The summed E-state index contributed by atoms with van der Waals surface area (Å²) in [6.45, 7) is 4.33. The number of carbonyl (C=O) groups excluding carboxylic acids is 1. The second-order valence-corrected chi connectivity index (χ2v) is 5.04. The topological polar surface area (TPSA) is 66.0 Å². The van der Waals surface area contributed by atoms with Crippen LogP contribution in [0.15, 0.2) is 31.0 Å². The molecule has 20 heavy (non-hydrogen) atoms. The van der Waals surface area contributed by atoms with Crippen molar-refractivity contribution in [1.82, 2.24) is 10.3 Å². The molecule has 0 spiro atoms. The van der Waals surface area contributed by atoms with Gasteiger partial charge in [0.2, 0.25) is 0 Å². The van der Waals surface area contributed by atoms with Crippen molar-refractivity contribution < 1.29 is 4.79 Å². The number of hydrogen-bond acceptors (Lipinski definition) is 3. The third-order valence-electron chi connectivity index (χ3n) is 3.40. The van der Waals surface area contributed by atoms with Gasteiger partial charge in [-0.15, -0.1) is 6.58 Å². The molecular weight excluding hydrogens is 252 g/mol. The minimum Gasteiger partial charge on any atom is -0.380 e. The molecule has 0 aliphatic heterocycles. The molecule has 1 fully saturated rings. The van der Waals surface area contributed by atoms with Crippen LogP contribution in [0.1, 0.15) is 32.1 Å². The average Bonchev–Trinajstić information content (AvgIpc) is 2.47. The molecule has 1 aliphatic carbocycles. The van der Waals surface area contributed by atoms with Crippen LogP contribution in [0.25, 0.3) is 0 Å². The fourth-order valence-corrected chi connectivity index (χ4v) is 2.35. The van der Waals surface area contributed by atoms with Crippen LogP contribution in [0.5, 0.6) is 0 Å². The normalized spacial score (nSPS) is 15.4. The Morgan fingerprint density at radius 1 is 1.35 bits per heavy atom. The van der Waals surface area contributed by atoms with Crippen LogP contribution >= 0.6 is 0 Å². The average molecular weight is 274 g/mol. The minimum atomic E-state index is -0.170. The van der Waals surface area contributed by atoms with Gasteiger partial charge in [-0.3, -0.25) is 5.32 Å². The number of nitrogens with one attached hydrogen (secondary N) is 3. The molecule has 0 radical (unpaired) electrons. The predicted molar refractivity (Wildman–Crippen MR) is 82.0 cm³/mol. The molecule has 5 heteroatoms. The smallest absolute Gasteiger partial charge is 0.320 e. The van der Waals surface area contributed by atoms with Crippen LogP contribution in [-0.4, -0.2) is 23.6 Å². The van der Waals surface area contributed by atoms with Gasteiger partial charge >= 0.3 is 6.03 Å². The summed E-state index contributed by atoms with van der Waals surface area (Å²) in [6.07, 6.45) is 9.31. The van der Waals surface area contributed by atoms with E-state index in [2.05, 4.69) is 27.5 Å². The zero-order chi connectivity index (χ0) is 14.2. The highest BCUT2D eigenvalue weighted by Gasteiger charge is 2.15. The van der Waals surface area contributed by atoms with Crippen molar-refractivity contribution in [3.8, 4) is 0 Å². The molecule has 1 aromatic heterocycles. The van der Waals surface area contributed by atoms with Gasteiger partial charge in [0.25, 0.3) is 0 Å². The first-order valence-electron chi connectivity index (χ1n) is 7.16. The first-order valence-corrected chi connectivity index (χ1v) is 7.16. The van der Waals surface area contributed by atoms with Crippen LogP contribution in [0.3, 0.4) is 0 Å². The highest BCUT2D eigenvalue weighted by molar-refractivity contribution is 5.88. The molecular formula is C15H22N4O. The number of nitrogens with zero attached hydrogens (tertiary/aromatic N) is 1. The summed E-state index contributed by atoms with van der Waals surface area (Å²) in [6, 6.07) is 3.80. The SMILES string of the molecule is C=CCNc1ccc(NC(=O)NC2CCCCC2)nc1. The van der Waals surface area contributed by atoms with Gasteiger partial charge in [-0.05, 0) is 25.0 Å². The van der Waals surface area contributed by atoms with Crippen LogP contribution in [0, 0.1) is 0 Å². The fraction of sp³-hybridized carbons (Fsp3) is 0.467. The Balaban J connectivity index is 1.79. The molecule has 5 nitrogen and oxygen atoms in total. The lowest BCUT2D eigenvalue weighted by Gasteiger charge is -2.22. The lowest BCUT2D eigenvalue weighted by Crippen LogP contribution is -2.39. The highest BCUT2D eigenvalue weighted by Crippen LogP contribution is 2.17. The maximum Gasteiger partial charge on any atom is 0.320 e. The number of rotatable bonds is 5. The van der Waals surface area contributed by atoms with E-state index in [1.54, 1.807) is 18.3 Å². The Hall–Kier alpha value is -2.04. The molecule has 108 valence electrons. The Labute approximate surface area is 119 Å². The Morgan fingerprint density at radius 3 is 2.80 bits per heavy atom. The van der Waals surface area contributed by atoms with Crippen molar-refractivity contribution in [3.05, 3.63) is 31.0 Å². The quantitative estimate of drug-likeness (QED) is 0.723. The molecule has 0 saturated heterocycles. The van der Waals surface area contributed by atoms with Crippen LogP contribution in [0.4, 0.5) is 16.3 Å². The third kappa shape index (κ3) is 4.57. The third-order valence-corrected chi connectivity index (χ3v) is 3.40. The highest BCUT2D eigenvalue weighted by atomic mass is 16.2. The maximum atomic E-state index is 11.8. The predicted octanol–water partition coefficient (Wildman–Crippen LogP) is 3.13. The fourth-order valence-electron chi connectivity index (χ4n) is 2.35. The lowest BCUT2D eigenvalue weighted by atomic mass is 9.96. The van der Waals surface area contributed by atoms with Crippen molar-refractivity contribution in [3.63, 3.8) is 0 Å². The molecule has 3 N–H and O–H groups in total. The first kappa shape index (κ1) is 14.4. The van der Waals surface area contributed by atoms with Gasteiger partial charge in [-0.2, -0.15) is 0 Å². The monoisotopic (exact) mass is 274 g/mol. The van der Waals surface area contributed by atoms with Crippen molar-refractivity contribution in [2.75, 3.05) is 17.2 Å². The van der Waals surface area contributed by atoms with Crippen LogP contribution in [-0.2, 0) is 0 Å². The summed E-state index contributed by atoms with van der Waals surface area (Å²) in [7, 11) is 0. The summed E-state index contributed by atoms with van der Waals surface area (Å²) in [5.74, 6) is 0.558. The summed E-state index contributed by atoms with van der Waals surface area (Å²) in [5.41, 5.74) is 0.906. The van der Waals surface area contributed by atoms with Gasteiger partial charge < -0.3 is 10.6 Å². The number of carbonyl (C=O) groups is 1. The maximum absolute atomic E-state index is 11.8. The van der Waals surface area contributed by atoms with Crippen molar-refractivity contribution >= 4 is 17.5 Å². The summed E-state index contributed by atoms with van der Waals surface area (Å²) in [5, 5.41) is 8.89. The number of amides is 2. The van der Waals surface area contributed by atoms with E-state index in [0.717, 1.165) is 18.5 Å². The van der Waals surface area contributed by atoms with E-state index < -0.39 is 0 Å². The number of anilines is 2. The number of urea groups is 1. The molecule has 1 aliphatic rings. The van der Waals surface area contributed by atoms with Crippen LogP contribution < -0.4 is 16.0 Å². The zero-order valence-corrected chi connectivity index (χ0v) is 11.7. The lowest BCUT2D eigenvalue weighted by molar-refractivity contribution is 0.244. The second kappa shape index (κ2) is 7.53. The molecule has 1 aromatic rings. The van der Waals surface area contributed by atoms with Gasteiger partial charge in [0.1, 0.15) is 5.82 Å². The van der Waals surface area contributed by atoms with Gasteiger partial charge in [0.05, 0.1) is 11.9 Å². The minimum absolute atomic E-state index is 0.170. The number of pyridine rings is 1. The Kier molecular flexibility index (Phi) is 5.41.